The van der Waals surface area contributed by atoms with Crippen LogP contribution in [0, 0.1) is 0 Å². The van der Waals surface area contributed by atoms with Crippen LogP contribution in [0.3, 0.4) is 0 Å². The van der Waals surface area contributed by atoms with Gasteiger partial charge >= 0.3 is 0 Å². The first kappa shape index (κ1) is 21.8. The van der Waals surface area contributed by atoms with Crippen LogP contribution in [0.4, 0.5) is 0 Å². The SMILES string of the molecule is Cn1cc(CC(=O)NCc2cccc3c2C(=O)N(C2CCC(=O)CC2=O)C3=O)c2ccccc21. The molecule has 8 nitrogen and oxygen atoms in total. The van der Waals surface area contributed by atoms with Gasteiger partial charge < -0.3 is 9.88 Å². The summed E-state index contributed by atoms with van der Waals surface area (Å²) >= 11 is 0. The van der Waals surface area contributed by atoms with Crippen LogP contribution in [-0.2, 0) is 34.4 Å². The number of hydrogen-bond donors (Lipinski definition) is 1. The zero-order chi connectivity index (χ0) is 24.0. The molecule has 1 aliphatic carbocycles. The number of nitrogens with zero attached hydrogens (tertiary/aromatic N) is 2. The van der Waals surface area contributed by atoms with Gasteiger partial charge in [-0.3, -0.25) is 28.9 Å². The maximum absolute atomic E-state index is 13.2. The summed E-state index contributed by atoms with van der Waals surface area (Å²) in [6, 6.07) is 11.8. The summed E-state index contributed by atoms with van der Waals surface area (Å²) < 4.78 is 1.97. The number of imide groups is 1. The first-order valence-electron chi connectivity index (χ1n) is 11.2. The molecule has 1 saturated carbocycles. The Morgan fingerprint density at radius 3 is 2.59 bits per heavy atom. The number of ketones is 2. The molecule has 2 heterocycles. The molecule has 2 aliphatic rings. The van der Waals surface area contributed by atoms with Crippen LogP contribution < -0.4 is 5.32 Å². The Hall–Kier alpha value is -4.07. The highest BCUT2D eigenvalue weighted by atomic mass is 16.2. The Balaban J connectivity index is 1.33. The number of rotatable bonds is 5. The van der Waals surface area contributed by atoms with Gasteiger partial charge in [0.25, 0.3) is 11.8 Å². The normalized spacial score (nSPS) is 18.0. The molecule has 1 unspecified atom stereocenters. The monoisotopic (exact) mass is 457 g/mol. The number of aryl methyl sites for hydroxylation is 1. The fourth-order valence-electron chi connectivity index (χ4n) is 4.93. The summed E-state index contributed by atoms with van der Waals surface area (Å²) in [6.07, 6.45) is 2.17. The lowest BCUT2D eigenvalue weighted by Crippen LogP contribution is -2.47. The maximum Gasteiger partial charge on any atom is 0.262 e. The zero-order valence-corrected chi connectivity index (χ0v) is 18.7. The second-order valence-corrected chi connectivity index (χ2v) is 8.79. The highest BCUT2D eigenvalue weighted by Gasteiger charge is 2.45. The van der Waals surface area contributed by atoms with E-state index < -0.39 is 23.6 Å². The second kappa shape index (κ2) is 8.37. The van der Waals surface area contributed by atoms with Crippen LogP contribution in [0.25, 0.3) is 10.9 Å². The average molecular weight is 457 g/mol. The molecular weight excluding hydrogens is 434 g/mol. The first-order chi connectivity index (χ1) is 16.3. The molecule has 1 aromatic heterocycles. The van der Waals surface area contributed by atoms with Gasteiger partial charge in [-0.15, -0.1) is 0 Å². The molecule has 1 fully saturated rings. The summed E-state index contributed by atoms with van der Waals surface area (Å²) in [7, 11) is 1.93. The molecular formula is C26H23N3O5. The van der Waals surface area contributed by atoms with E-state index in [1.807, 2.05) is 42.1 Å². The van der Waals surface area contributed by atoms with Crippen molar-refractivity contribution in [2.24, 2.45) is 7.05 Å². The van der Waals surface area contributed by atoms with Crippen molar-refractivity contribution >= 4 is 40.2 Å². The number of benzene rings is 2. The third kappa shape index (κ3) is 3.61. The van der Waals surface area contributed by atoms with Crippen molar-refractivity contribution in [3.63, 3.8) is 0 Å². The number of hydrogen-bond acceptors (Lipinski definition) is 5. The Labute approximate surface area is 195 Å². The number of carbonyl (C=O) groups excluding carboxylic acids is 5. The van der Waals surface area contributed by atoms with Gasteiger partial charge in [0.2, 0.25) is 5.91 Å². The number of aromatic nitrogens is 1. The van der Waals surface area contributed by atoms with Gasteiger partial charge in [0, 0.05) is 37.1 Å². The minimum atomic E-state index is -0.918. The summed E-state index contributed by atoms with van der Waals surface area (Å²) in [4.78, 5) is 63.8. The number of amides is 3. The van der Waals surface area contributed by atoms with Gasteiger partial charge in [0.1, 0.15) is 5.78 Å². The van der Waals surface area contributed by atoms with Crippen molar-refractivity contribution in [3.8, 4) is 0 Å². The molecule has 0 bridgehead atoms. The van der Waals surface area contributed by atoms with Crippen molar-refractivity contribution in [2.75, 3.05) is 0 Å². The number of nitrogens with one attached hydrogen (secondary N) is 1. The lowest BCUT2D eigenvalue weighted by Gasteiger charge is -2.27. The van der Waals surface area contributed by atoms with Crippen molar-refractivity contribution in [1.82, 2.24) is 14.8 Å². The predicted molar refractivity (Wildman–Crippen MR) is 123 cm³/mol. The molecule has 2 aromatic carbocycles. The van der Waals surface area contributed by atoms with Crippen LogP contribution >= 0.6 is 0 Å². The lowest BCUT2D eigenvalue weighted by atomic mass is 9.92. The standard InChI is InChI=1S/C26H23N3O5/c1-28-14-16(18-6-2-3-8-20(18)28)11-23(32)27-13-15-5-4-7-19-24(15)26(34)29(25(19)33)21-10-9-17(30)12-22(21)31/h2-8,14,21H,9-13H2,1H3,(H,27,32). The van der Waals surface area contributed by atoms with Gasteiger partial charge in [-0.05, 0) is 29.7 Å². The lowest BCUT2D eigenvalue weighted by molar-refractivity contribution is -0.132. The molecule has 1 atom stereocenters. The van der Waals surface area contributed by atoms with E-state index in [1.54, 1.807) is 18.2 Å². The molecule has 0 radical (unpaired) electrons. The minimum absolute atomic E-state index is 0.0801. The second-order valence-electron chi connectivity index (χ2n) is 8.79. The largest absolute Gasteiger partial charge is 0.352 e. The van der Waals surface area contributed by atoms with E-state index in [0.717, 1.165) is 21.4 Å². The molecule has 0 saturated heterocycles. The summed E-state index contributed by atoms with van der Waals surface area (Å²) in [5.74, 6) is -1.87. The smallest absolute Gasteiger partial charge is 0.262 e. The van der Waals surface area contributed by atoms with Crippen LogP contribution in [0.15, 0.2) is 48.7 Å². The van der Waals surface area contributed by atoms with Crippen LogP contribution in [0.5, 0.6) is 0 Å². The molecule has 34 heavy (non-hydrogen) atoms. The quantitative estimate of drug-likeness (QED) is 0.468. The van der Waals surface area contributed by atoms with E-state index in [0.29, 0.717) is 5.56 Å². The fraction of sp³-hybridized carbons (Fsp3) is 0.269. The molecule has 8 heteroatoms. The van der Waals surface area contributed by atoms with Crippen molar-refractivity contribution in [2.45, 2.75) is 38.3 Å². The van der Waals surface area contributed by atoms with Crippen molar-refractivity contribution < 1.29 is 24.0 Å². The van der Waals surface area contributed by atoms with Crippen LogP contribution in [0.1, 0.15) is 51.1 Å². The predicted octanol–water partition coefficient (Wildman–Crippen LogP) is 2.32. The number of carbonyl (C=O) groups is 5. The van der Waals surface area contributed by atoms with E-state index in [4.69, 9.17) is 0 Å². The number of para-hydroxylation sites is 1. The van der Waals surface area contributed by atoms with Gasteiger partial charge in [-0.1, -0.05) is 30.3 Å². The van der Waals surface area contributed by atoms with E-state index in [1.165, 1.54) is 0 Å². The first-order valence-corrected chi connectivity index (χ1v) is 11.2. The molecule has 1 N–H and O–H groups in total. The molecule has 0 spiro atoms. The van der Waals surface area contributed by atoms with Crippen molar-refractivity contribution in [1.29, 1.82) is 0 Å². The van der Waals surface area contributed by atoms with E-state index >= 15 is 0 Å². The Morgan fingerprint density at radius 2 is 1.79 bits per heavy atom. The van der Waals surface area contributed by atoms with E-state index in [9.17, 15) is 24.0 Å². The van der Waals surface area contributed by atoms with Gasteiger partial charge in [-0.25, -0.2) is 0 Å². The molecule has 1 aliphatic heterocycles. The van der Waals surface area contributed by atoms with E-state index in [-0.39, 0.29) is 55.0 Å². The Kier molecular flexibility index (Phi) is 5.36. The highest BCUT2D eigenvalue weighted by molar-refractivity contribution is 6.24. The van der Waals surface area contributed by atoms with E-state index in [2.05, 4.69) is 5.32 Å². The van der Waals surface area contributed by atoms with Gasteiger partial charge in [0.05, 0.1) is 30.0 Å². The number of fused-ring (bicyclic) bond motifs is 2. The Morgan fingerprint density at radius 1 is 1.00 bits per heavy atom. The molecule has 5 rings (SSSR count). The van der Waals surface area contributed by atoms with Gasteiger partial charge in [0.15, 0.2) is 5.78 Å². The molecule has 3 amide bonds. The van der Waals surface area contributed by atoms with Crippen molar-refractivity contribution in [3.05, 3.63) is 70.9 Å². The topological polar surface area (TPSA) is 106 Å². The highest BCUT2D eigenvalue weighted by Crippen LogP contribution is 2.31. The zero-order valence-electron chi connectivity index (χ0n) is 18.7. The minimum Gasteiger partial charge on any atom is -0.352 e. The summed E-state index contributed by atoms with van der Waals surface area (Å²) in [6.45, 7) is 0.0801. The summed E-state index contributed by atoms with van der Waals surface area (Å²) in [5.41, 5.74) is 2.88. The van der Waals surface area contributed by atoms with Crippen LogP contribution in [0.2, 0.25) is 0 Å². The average Bonchev–Trinajstić information content (AvgIpc) is 3.27. The third-order valence-corrected chi connectivity index (χ3v) is 6.59. The molecule has 172 valence electrons. The molecule has 3 aromatic rings. The summed E-state index contributed by atoms with van der Waals surface area (Å²) in [5, 5.41) is 3.86. The Bertz CT molecular complexity index is 1390. The van der Waals surface area contributed by atoms with Gasteiger partial charge in [-0.2, -0.15) is 0 Å². The van der Waals surface area contributed by atoms with Crippen LogP contribution in [-0.4, -0.2) is 44.8 Å². The maximum atomic E-state index is 13.2. The fourth-order valence-corrected chi connectivity index (χ4v) is 4.93. The third-order valence-electron chi connectivity index (χ3n) is 6.59. The number of Topliss-reactive ketones (excluding diaryl/α,β-unsaturated/α-hetero) is 2.